The lowest BCUT2D eigenvalue weighted by molar-refractivity contribution is 0.122. The number of rotatable bonds is 6. The van der Waals surface area contributed by atoms with Gasteiger partial charge >= 0.3 is 0 Å². The summed E-state index contributed by atoms with van der Waals surface area (Å²) in [6.07, 6.45) is 2.83. The topological polar surface area (TPSA) is 61.8 Å². The van der Waals surface area contributed by atoms with Crippen LogP contribution in [0.15, 0.2) is 35.5 Å². The van der Waals surface area contributed by atoms with Gasteiger partial charge in [0.25, 0.3) is 0 Å². The number of hydrogen-bond acceptors (Lipinski definition) is 5. The van der Waals surface area contributed by atoms with Gasteiger partial charge < -0.3 is 20.3 Å². The highest BCUT2D eigenvalue weighted by atomic mass is 127. The van der Waals surface area contributed by atoms with E-state index in [9.17, 15) is 0 Å². The van der Waals surface area contributed by atoms with E-state index in [0.717, 1.165) is 56.8 Å². The fourth-order valence-electron chi connectivity index (χ4n) is 2.86. The molecule has 148 valence electrons. The maximum Gasteiger partial charge on any atom is 0.191 e. The molecule has 0 amide bonds. The Morgan fingerprint density at radius 3 is 2.59 bits per heavy atom. The first kappa shape index (κ1) is 21.9. The molecule has 0 atom stereocenters. The molecule has 2 aromatic rings. The third kappa shape index (κ3) is 6.93. The number of aromatic nitrogens is 1. The second kappa shape index (κ2) is 11.5. The Morgan fingerprint density at radius 1 is 1.22 bits per heavy atom. The molecular formula is C19H28IN5OS. The summed E-state index contributed by atoms with van der Waals surface area (Å²) in [6, 6.07) is 8.71. The number of guanidine groups is 1. The summed E-state index contributed by atoms with van der Waals surface area (Å²) in [7, 11) is 1.80. The molecule has 2 N–H and O–H groups in total. The molecule has 0 saturated carbocycles. The number of halogens is 1. The molecule has 1 aromatic heterocycles. The van der Waals surface area contributed by atoms with Crippen LogP contribution in [0.25, 0.3) is 0 Å². The Morgan fingerprint density at radius 2 is 1.96 bits per heavy atom. The van der Waals surface area contributed by atoms with Crippen molar-refractivity contribution >= 4 is 47.0 Å². The monoisotopic (exact) mass is 501 g/mol. The molecule has 0 unspecified atom stereocenters. The maximum atomic E-state index is 5.41. The zero-order chi connectivity index (χ0) is 18.2. The van der Waals surface area contributed by atoms with E-state index in [1.54, 1.807) is 18.4 Å². The summed E-state index contributed by atoms with van der Waals surface area (Å²) < 4.78 is 5.41. The number of morpholine rings is 1. The fourth-order valence-corrected chi connectivity index (χ4v) is 3.64. The molecule has 1 fully saturated rings. The third-order valence-corrected chi connectivity index (χ3v) is 5.27. The van der Waals surface area contributed by atoms with Crippen molar-refractivity contribution in [3.63, 3.8) is 0 Å². The molecule has 0 spiro atoms. The molecule has 6 nitrogen and oxygen atoms in total. The minimum atomic E-state index is 0. The summed E-state index contributed by atoms with van der Waals surface area (Å²) in [6.45, 7) is 7.21. The lowest BCUT2D eigenvalue weighted by Gasteiger charge is -2.28. The molecule has 1 saturated heterocycles. The van der Waals surface area contributed by atoms with Crippen molar-refractivity contribution in [1.29, 1.82) is 0 Å². The molecule has 3 rings (SSSR count). The predicted molar refractivity (Wildman–Crippen MR) is 124 cm³/mol. The number of nitrogens with one attached hydrogen (secondary N) is 2. The standard InChI is InChI=1S/C19H27N5OS.HI/c1-15-13-22-18(26-15)7-8-21-19(20-2)23-14-16-3-5-17(6-4-16)24-9-11-25-12-10-24;/h3-6,13H,7-12,14H2,1-2H3,(H2,20,21,23);1H. The molecule has 1 aromatic carbocycles. The van der Waals surface area contributed by atoms with E-state index >= 15 is 0 Å². The van der Waals surface area contributed by atoms with Crippen LogP contribution in [0.3, 0.4) is 0 Å². The molecular weight excluding hydrogens is 473 g/mol. The van der Waals surface area contributed by atoms with Gasteiger partial charge in [0.05, 0.1) is 18.2 Å². The summed E-state index contributed by atoms with van der Waals surface area (Å²) >= 11 is 1.75. The van der Waals surface area contributed by atoms with E-state index in [0.29, 0.717) is 0 Å². The highest BCUT2D eigenvalue weighted by Crippen LogP contribution is 2.16. The van der Waals surface area contributed by atoms with Gasteiger partial charge in [0, 0.05) is 56.4 Å². The van der Waals surface area contributed by atoms with Gasteiger partial charge in [0.15, 0.2) is 5.96 Å². The minimum Gasteiger partial charge on any atom is -0.378 e. The Labute approximate surface area is 182 Å². The van der Waals surface area contributed by atoms with Crippen LogP contribution < -0.4 is 15.5 Å². The molecule has 1 aliphatic heterocycles. The van der Waals surface area contributed by atoms with Crippen molar-refractivity contribution in [3.05, 3.63) is 45.9 Å². The van der Waals surface area contributed by atoms with Gasteiger partial charge in [0.2, 0.25) is 0 Å². The van der Waals surface area contributed by atoms with Crippen LogP contribution >= 0.6 is 35.3 Å². The van der Waals surface area contributed by atoms with Crippen molar-refractivity contribution in [2.24, 2.45) is 4.99 Å². The second-order valence-corrected chi connectivity index (χ2v) is 7.55. The number of aryl methyl sites for hydroxylation is 1. The van der Waals surface area contributed by atoms with E-state index in [-0.39, 0.29) is 24.0 Å². The summed E-state index contributed by atoms with van der Waals surface area (Å²) in [4.78, 5) is 12.3. The molecule has 8 heteroatoms. The molecule has 0 bridgehead atoms. The largest absolute Gasteiger partial charge is 0.378 e. The first-order valence-corrected chi connectivity index (χ1v) is 9.84. The van der Waals surface area contributed by atoms with Crippen LogP contribution in [0, 0.1) is 6.92 Å². The second-order valence-electron chi connectivity index (χ2n) is 6.23. The molecule has 0 radical (unpaired) electrons. The zero-order valence-electron chi connectivity index (χ0n) is 15.9. The first-order valence-electron chi connectivity index (χ1n) is 9.02. The van der Waals surface area contributed by atoms with Crippen molar-refractivity contribution < 1.29 is 4.74 Å². The van der Waals surface area contributed by atoms with Crippen LogP contribution in [-0.2, 0) is 17.7 Å². The number of ether oxygens (including phenoxy) is 1. The van der Waals surface area contributed by atoms with Gasteiger partial charge in [-0.2, -0.15) is 0 Å². The van der Waals surface area contributed by atoms with Crippen LogP contribution in [0.1, 0.15) is 15.4 Å². The minimum absolute atomic E-state index is 0. The molecule has 2 heterocycles. The number of aliphatic imine (C=N–C) groups is 1. The first-order chi connectivity index (χ1) is 12.7. The predicted octanol–water partition coefficient (Wildman–Crippen LogP) is 2.81. The van der Waals surface area contributed by atoms with Crippen LogP contribution in [0.5, 0.6) is 0 Å². The average molecular weight is 501 g/mol. The van der Waals surface area contributed by atoms with Gasteiger partial charge in [-0.3, -0.25) is 4.99 Å². The highest BCUT2D eigenvalue weighted by Gasteiger charge is 2.10. The fraction of sp³-hybridized carbons (Fsp3) is 0.474. The quantitative estimate of drug-likeness (QED) is 0.362. The molecule has 27 heavy (non-hydrogen) atoms. The van der Waals surface area contributed by atoms with Crippen molar-refractivity contribution in [2.75, 3.05) is 44.8 Å². The van der Waals surface area contributed by atoms with Crippen LogP contribution in [0.4, 0.5) is 5.69 Å². The Bertz CT molecular complexity index is 713. The van der Waals surface area contributed by atoms with E-state index in [4.69, 9.17) is 4.74 Å². The number of hydrogen-bond donors (Lipinski definition) is 2. The maximum absolute atomic E-state index is 5.41. The summed E-state index contributed by atoms with van der Waals surface area (Å²) in [5.41, 5.74) is 2.50. The van der Waals surface area contributed by atoms with Crippen molar-refractivity contribution in [3.8, 4) is 0 Å². The van der Waals surface area contributed by atoms with E-state index in [1.807, 2.05) is 6.20 Å². The lowest BCUT2D eigenvalue weighted by atomic mass is 10.2. The highest BCUT2D eigenvalue weighted by molar-refractivity contribution is 14.0. The van der Waals surface area contributed by atoms with Gasteiger partial charge in [-0.1, -0.05) is 12.1 Å². The van der Waals surface area contributed by atoms with E-state index < -0.39 is 0 Å². The van der Waals surface area contributed by atoms with E-state index in [1.165, 1.54) is 16.1 Å². The number of benzene rings is 1. The number of nitrogens with zero attached hydrogens (tertiary/aromatic N) is 3. The van der Waals surface area contributed by atoms with Gasteiger partial charge in [0.1, 0.15) is 0 Å². The Hall–Kier alpha value is -1.39. The van der Waals surface area contributed by atoms with Gasteiger partial charge in [-0.05, 0) is 24.6 Å². The van der Waals surface area contributed by atoms with Gasteiger partial charge in [-0.25, -0.2) is 4.98 Å². The smallest absolute Gasteiger partial charge is 0.191 e. The normalized spacial score (nSPS) is 14.6. The third-order valence-electron chi connectivity index (χ3n) is 4.30. The van der Waals surface area contributed by atoms with Crippen molar-refractivity contribution in [1.82, 2.24) is 15.6 Å². The number of anilines is 1. The van der Waals surface area contributed by atoms with Crippen LogP contribution in [-0.4, -0.2) is 50.8 Å². The number of thiazole rings is 1. The lowest BCUT2D eigenvalue weighted by Crippen LogP contribution is -2.38. The Balaban J connectivity index is 0.00000261. The molecule has 0 aliphatic carbocycles. The van der Waals surface area contributed by atoms with E-state index in [2.05, 4.69) is 56.7 Å². The average Bonchev–Trinajstić information content (AvgIpc) is 3.11. The van der Waals surface area contributed by atoms with Crippen molar-refractivity contribution in [2.45, 2.75) is 19.9 Å². The van der Waals surface area contributed by atoms with Gasteiger partial charge in [-0.15, -0.1) is 35.3 Å². The summed E-state index contributed by atoms with van der Waals surface area (Å²) in [5, 5.41) is 7.87. The zero-order valence-corrected chi connectivity index (χ0v) is 19.0. The molecule has 1 aliphatic rings. The SMILES string of the molecule is CN=C(NCCc1ncc(C)s1)NCc1ccc(N2CCOCC2)cc1.I. The van der Waals surface area contributed by atoms with Crippen LogP contribution in [0.2, 0.25) is 0 Å². The Kier molecular flexibility index (Phi) is 9.29. The summed E-state index contributed by atoms with van der Waals surface area (Å²) in [5.74, 6) is 0.815.